The van der Waals surface area contributed by atoms with Crippen LogP contribution < -0.4 is 5.32 Å². The van der Waals surface area contributed by atoms with Gasteiger partial charge in [0.05, 0.1) is 0 Å². The molecule has 1 rings (SSSR count). The molecule has 0 aliphatic heterocycles. The fraction of sp³-hybridized carbons (Fsp3) is 0.600. The van der Waals surface area contributed by atoms with Crippen LogP contribution in [0, 0.1) is 11.8 Å². The van der Waals surface area contributed by atoms with Gasteiger partial charge in [0.2, 0.25) is 0 Å². The van der Waals surface area contributed by atoms with E-state index in [1.54, 1.807) is 0 Å². The van der Waals surface area contributed by atoms with Gasteiger partial charge in [-0.3, -0.25) is 0 Å². The normalized spacial score (nSPS) is 14.8. The lowest BCUT2D eigenvalue weighted by molar-refractivity contribution is 0.366. The number of hydrogen-bond donors (Lipinski definition) is 1. The van der Waals surface area contributed by atoms with Gasteiger partial charge in [-0.2, -0.15) is 0 Å². The van der Waals surface area contributed by atoms with E-state index in [-0.39, 0.29) is 0 Å². The van der Waals surface area contributed by atoms with Gasteiger partial charge < -0.3 is 5.32 Å². The molecule has 1 aromatic carbocycles. The van der Waals surface area contributed by atoms with Gasteiger partial charge in [0.15, 0.2) is 0 Å². The molecule has 0 amide bonds. The van der Waals surface area contributed by atoms with Gasteiger partial charge in [0, 0.05) is 16.1 Å². The maximum atomic E-state index is 6.26. The SMILES string of the molecule is CCC(NCC(C)C(C)C)c1ccc(Cl)cc1Cl. The van der Waals surface area contributed by atoms with E-state index < -0.39 is 0 Å². The first-order valence-electron chi connectivity index (χ1n) is 6.64. The summed E-state index contributed by atoms with van der Waals surface area (Å²) in [5, 5.41) is 5.04. The van der Waals surface area contributed by atoms with Crippen molar-refractivity contribution in [2.45, 2.75) is 40.2 Å². The molecular weight excluding hydrogens is 265 g/mol. The number of hydrogen-bond acceptors (Lipinski definition) is 1. The van der Waals surface area contributed by atoms with Crippen LogP contribution in [0.2, 0.25) is 10.0 Å². The van der Waals surface area contributed by atoms with E-state index in [1.165, 1.54) is 0 Å². The second-order valence-electron chi connectivity index (χ2n) is 5.26. The molecule has 18 heavy (non-hydrogen) atoms. The van der Waals surface area contributed by atoms with Crippen molar-refractivity contribution in [3.8, 4) is 0 Å². The Labute approximate surface area is 121 Å². The van der Waals surface area contributed by atoms with E-state index in [1.807, 2.05) is 18.2 Å². The Hall–Kier alpha value is -0.240. The molecule has 0 radical (unpaired) electrons. The minimum absolute atomic E-state index is 0.302. The standard InChI is InChI=1S/C15H23Cl2N/c1-5-15(18-9-11(4)10(2)3)13-7-6-12(16)8-14(13)17/h6-8,10-11,15,18H,5,9H2,1-4H3. The summed E-state index contributed by atoms with van der Waals surface area (Å²) in [6, 6.07) is 6.04. The Morgan fingerprint density at radius 3 is 2.33 bits per heavy atom. The zero-order chi connectivity index (χ0) is 13.7. The molecule has 0 aliphatic carbocycles. The molecule has 0 spiro atoms. The van der Waals surface area contributed by atoms with Gasteiger partial charge in [-0.05, 0) is 42.5 Å². The molecule has 0 aromatic heterocycles. The van der Waals surface area contributed by atoms with Crippen LogP contribution in [0.4, 0.5) is 0 Å². The van der Waals surface area contributed by atoms with E-state index >= 15 is 0 Å². The van der Waals surface area contributed by atoms with Gasteiger partial charge in [0.25, 0.3) is 0 Å². The fourth-order valence-corrected chi connectivity index (χ4v) is 2.36. The molecule has 2 atom stereocenters. The summed E-state index contributed by atoms with van der Waals surface area (Å²) in [7, 11) is 0. The summed E-state index contributed by atoms with van der Waals surface area (Å²) in [6.45, 7) is 9.96. The molecule has 0 fully saturated rings. The number of benzene rings is 1. The molecule has 1 nitrogen and oxygen atoms in total. The second-order valence-corrected chi connectivity index (χ2v) is 6.10. The third-order valence-corrected chi connectivity index (χ3v) is 4.13. The number of rotatable bonds is 6. The van der Waals surface area contributed by atoms with Gasteiger partial charge in [0.1, 0.15) is 0 Å². The largest absolute Gasteiger partial charge is 0.310 e. The predicted octanol–water partition coefficient (Wildman–Crippen LogP) is 5.33. The average molecular weight is 288 g/mol. The third kappa shape index (κ3) is 4.46. The lowest BCUT2D eigenvalue weighted by Gasteiger charge is -2.23. The van der Waals surface area contributed by atoms with Crippen LogP contribution >= 0.6 is 23.2 Å². The molecule has 0 aliphatic rings. The highest BCUT2D eigenvalue weighted by Gasteiger charge is 2.15. The van der Waals surface area contributed by atoms with Crippen LogP contribution in [-0.4, -0.2) is 6.54 Å². The molecule has 1 N–H and O–H groups in total. The zero-order valence-corrected chi connectivity index (χ0v) is 13.1. The van der Waals surface area contributed by atoms with E-state index in [0.29, 0.717) is 22.9 Å². The summed E-state index contributed by atoms with van der Waals surface area (Å²) >= 11 is 12.2. The van der Waals surface area contributed by atoms with Crippen LogP contribution in [-0.2, 0) is 0 Å². The first kappa shape index (κ1) is 15.8. The summed E-state index contributed by atoms with van der Waals surface area (Å²) in [6.07, 6.45) is 1.02. The summed E-state index contributed by atoms with van der Waals surface area (Å²) in [5.41, 5.74) is 1.14. The van der Waals surface area contributed by atoms with Crippen molar-refractivity contribution < 1.29 is 0 Å². The monoisotopic (exact) mass is 287 g/mol. The average Bonchev–Trinajstić information content (AvgIpc) is 2.31. The number of nitrogens with one attached hydrogen (secondary N) is 1. The smallest absolute Gasteiger partial charge is 0.0468 e. The van der Waals surface area contributed by atoms with E-state index in [4.69, 9.17) is 23.2 Å². The molecule has 0 saturated carbocycles. The van der Waals surface area contributed by atoms with Crippen LogP contribution in [0.25, 0.3) is 0 Å². The van der Waals surface area contributed by atoms with E-state index in [0.717, 1.165) is 23.6 Å². The maximum Gasteiger partial charge on any atom is 0.0468 e. The molecule has 0 bridgehead atoms. The fourth-order valence-electron chi connectivity index (χ4n) is 1.82. The lowest BCUT2D eigenvalue weighted by atomic mass is 9.97. The Morgan fingerprint density at radius 1 is 1.17 bits per heavy atom. The van der Waals surface area contributed by atoms with Gasteiger partial charge in [-0.15, -0.1) is 0 Å². The van der Waals surface area contributed by atoms with Crippen LogP contribution in [0.1, 0.15) is 45.7 Å². The first-order valence-corrected chi connectivity index (χ1v) is 7.39. The highest BCUT2D eigenvalue weighted by atomic mass is 35.5. The third-order valence-electron chi connectivity index (χ3n) is 3.57. The van der Waals surface area contributed by atoms with Crippen molar-refractivity contribution in [2.75, 3.05) is 6.54 Å². The Kier molecular flexibility index (Phi) is 6.48. The quantitative estimate of drug-likeness (QED) is 0.746. The summed E-state index contributed by atoms with van der Waals surface area (Å²) in [5.74, 6) is 1.35. The zero-order valence-electron chi connectivity index (χ0n) is 11.6. The topological polar surface area (TPSA) is 12.0 Å². The highest BCUT2D eigenvalue weighted by molar-refractivity contribution is 6.35. The van der Waals surface area contributed by atoms with Gasteiger partial charge in [-0.1, -0.05) is 57.0 Å². The molecule has 3 heteroatoms. The predicted molar refractivity (Wildman–Crippen MR) is 81.5 cm³/mol. The molecule has 0 heterocycles. The molecular formula is C15H23Cl2N. The molecule has 0 saturated heterocycles. The Balaban J connectivity index is 2.71. The van der Waals surface area contributed by atoms with Gasteiger partial charge in [-0.25, -0.2) is 0 Å². The van der Waals surface area contributed by atoms with Crippen LogP contribution in [0.15, 0.2) is 18.2 Å². The van der Waals surface area contributed by atoms with E-state index in [2.05, 4.69) is 33.0 Å². The number of halogens is 2. The van der Waals surface area contributed by atoms with Crippen molar-refractivity contribution in [3.05, 3.63) is 33.8 Å². The van der Waals surface area contributed by atoms with Crippen LogP contribution in [0.3, 0.4) is 0 Å². The first-order chi connectivity index (χ1) is 8.45. The van der Waals surface area contributed by atoms with Crippen molar-refractivity contribution in [2.24, 2.45) is 11.8 Å². The van der Waals surface area contributed by atoms with Gasteiger partial charge >= 0.3 is 0 Å². The summed E-state index contributed by atoms with van der Waals surface area (Å²) < 4.78 is 0. The molecule has 2 unspecified atom stereocenters. The minimum atomic E-state index is 0.302. The minimum Gasteiger partial charge on any atom is -0.310 e. The maximum absolute atomic E-state index is 6.26. The van der Waals surface area contributed by atoms with Crippen LogP contribution in [0.5, 0.6) is 0 Å². The van der Waals surface area contributed by atoms with Crippen molar-refractivity contribution in [1.29, 1.82) is 0 Å². The lowest BCUT2D eigenvalue weighted by Crippen LogP contribution is -2.28. The van der Waals surface area contributed by atoms with Crippen molar-refractivity contribution >= 4 is 23.2 Å². The van der Waals surface area contributed by atoms with Crippen molar-refractivity contribution in [1.82, 2.24) is 5.32 Å². The van der Waals surface area contributed by atoms with Crippen molar-refractivity contribution in [3.63, 3.8) is 0 Å². The molecule has 1 aromatic rings. The van der Waals surface area contributed by atoms with E-state index in [9.17, 15) is 0 Å². The second kappa shape index (κ2) is 7.37. The molecule has 102 valence electrons. The Morgan fingerprint density at radius 2 is 1.83 bits per heavy atom. The Bertz CT molecular complexity index is 377. The summed E-state index contributed by atoms with van der Waals surface area (Å²) in [4.78, 5) is 0. The highest BCUT2D eigenvalue weighted by Crippen LogP contribution is 2.28.